The predicted molar refractivity (Wildman–Crippen MR) is 155 cm³/mol. The van der Waals surface area contributed by atoms with E-state index in [1.165, 1.54) is 0 Å². The van der Waals surface area contributed by atoms with E-state index in [9.17, 15) is 14.7 Å². The number of fused-ring (bicyclic) bond motifs is 1. The zero-order valence-corrected chi connectivity index (χ0v) is 23.3. The second-order valence-corrected chi connectivity index (χ2v) is 10.0. The lowest BCUT2D eigenvalue weighted by molar-refractivity contribution is 0.0356. The standard InChI is InChI=1S/C31H36N4O5/c1-21-18-35(22(2)20-36)30(37)27-15-24(14-13-23-9-6-5-7-10-23)17-32-29(27)40-28(21)19-34(3)31(38)33-25-11-8-12-26(16-25)39-4/h5-17,21-22,28,36H,18-20H2,1-4H3,(H,33,38)/b14-13+/t21-,22+,28+/m0/s1. The summed E-state index contributed by atoms with van der Waals surface area (Å²) in [5.41, 5.74) is 2.70. The number of benzene rings is 2. The molecule has 9 nitrogen and oxygen atoms in total. The molecule has 40 heavy (non-hydrogen) atoms. The predicted octanol–water partition coefficient (Wildman–Crippen LogP) is 4.64. The summed E-state index contributed by atoms with van der Waals surface area (Å²) in [5.74, 6) is 0.432. The summed E-state index contributed by atoms with van der Waals surface area (Å²) in [6.07, 6.45) is 5.05. The molecule has 0 aliphatic carbocycles. The minimum atomic E-state index is -0.459. The number of amides is 3. The van der Waals surface area contributed by atoms with Crippen LogP contribution in [0.3, 0.4) is 0 Å². The second kappa shape index (κ2) is 13.1. The molecular weight excluding hydrogens is 508 g/mol. The Bertz CT molecular complexity index is 1350. The van der Waals surface area contributed by atoms with E-state index in [-0.39, 0.29) is 36.9 Å². The number of rotatable bonds is 8. The van der Waals surface area contributed by atoms with Crippen LogP contribution >= 0.6 is 0 Å². The molecule has 0 saturated carbocycles. The Morgan fingerprint density at radius 3 is 2.67 bits per heavy atom. The molecule has 0 saturated heterocycles. The summed E-state index contributed by atoms with van der Waals surface area (Å²) >= 11 is 0. The van der Waals surface area contributed by atoms with Crippen LogP contribution in [0.5, 0.6) is 11.6 Å². The van der Waals surface area contributed by atoms with Gasteiger partial charge in [-0.2, -0.15) is 0 Å². The first kappa shape index (κ1) is 28.6. The average molecular weight is 545 g/mol. The molecule has 3 amide bonds. The van der Waals surface area contributed by atoms with E-state index in [4.69, 9.17) is 9.47 Å². The number of aromatic nitrogens is 1. The molecule has 2 heterocycles. The van der Waals surface area contributed by atoms with Gasteiger partial charge >= 0.3 is 6.03 Å². The van der Waals surface area contributed by atoms with Crippen molar-refractivity contribution in [3.8, 4) is 11.6 Å². The highest BCUT2D eigenvalue weighted by Gasteiger charge is 2.34. The number of urea groups is 1. The fraction of sp³-hybridized carbons (Fsp3) is 0.323. The summed E-state index contributed by atoms with van der Waals surface area (Å²) < 4.78 is 11.6. The number of nitrogens with zero attached hydrogens (tertiary/aromatic N) is 3. The fourth-order valence-corrected chi connectivity index (χ4v) is 4.46. The molecule has 0 radical (unpaired) electrons. The van der Waals surface area contributed by atoms with Crippen molar-refractivity contribution in [2.75, 3.05) is 39.2 Å². The Morgan fingerprint density at radius 2 is 1.95 bits per heavy atom. The monoisotopic (exact) mass is 544 g/mol. The van der Waals surface area contributed by atoms with Crippen LogP contribution in [-0.4, -0.2) is 77.8 Å². The van der Waals surface area contributed by atoms with Gasteiger partial charge in [0.05, 0.1) is 26.3 Å². The number of nitrogens with one attached hydrogen (secondary N) is 1. The number of ether oxygens (including phenoxy) is 2. The Hall–Kier alpha value is -4.37. The molecular formula is C31H36N4O5. The van der Waals surface area contributed by atoms with Crippen LogP contribution in [0.1, 0.15) is 35.3 Å². The van der Waals surface area contributed by atoms with Crippen molar-refractivity contribution >= 4 is 29.8 Å². The van der Waals surface area contributed by atoms with Crippen molar-refractivity contribution in [2.24, 2.45) is 5.92 Å². The van der Waals surface area contributed by atoms with Crippen LogP contribution in [-0.2, 0) is 0 Å². The van der Waals surface area contributed by atoms with Crippen LogP contribution in [0, 0.1) is 5.92 Å². The van der Waals surface area contributed by atoms with E-state index < -0.39 is 12.1 Å². The molecule has 3 atom stereocenters. The summed E-state index contributed by atoms with van der Waals surface area (Å²) in [4.78, 5) is 34.3. The Balaban J connectivity index is 1.58. The fourth-order valence-electron chi connectivity index (χ4n) is 4.46. The largest absolute Gasteiger partial charge is 0.497 e. The van der Waals surface area contributed by atoms with Crippen molar-refractivity contribution in [3.63, 3.8) is 0 Å². The van der Waals surface area contributed by atoms with Crippen molar-refractivity contribution in [1.29, 1.82) is 0 Å². The summed E-state index contributed by atoms with van der Waals surface area (Å²) in [7, 11) is 3.26. The number of carbonyl (C=O) groups is 2. The van der Waals surface area contributed by atoms with Gasteiger partial charge in [-0.3, -0.25) is 4.79 Å². The van der Waals surface area contributed by atoms with E-state index in [0.717, 1.165) is 11.1 Å². The third-order valence-electron chi connectivity index (χ3n) is 6.93. The van der Waals surface area contributed by atoms with Crippen molar-refractivity contribution in [1.82, 2.24) is 14.8 Å². The number of pyridine rings is 1. The molecule has 3 aromatic rings. The minimum Gasteiger partial charge on any atom is -0.497 e. The molecule has 4 rings (SSSR count). The van der Waals surface area contributed by atoms with Crippen LogP contribution in [0.25, 0.3) is 12.2 Å². The molecule has 0 bridgehead atoms. The van der Waals surface area contributed by atoms with Gasteiger partial charge in [0.25, 0.3) is 5.91 Å². The summed E-state index contributed by atoms with van der Waals surface area (Å²) in [5, 5.41) is 12.8. The van der Waals surface area contributed by atoms with E-state index >= 15 is 0 Å². The van der Waals surface area contributed by atoms with Gasteiger partial charge in [0.15, 0.2) is 0 Å². The number of aliphatic hydroxyl groups excluding tert-OH is 1. The molecule has 9 heteroatoms. The van der Waals surface area contributed by atoms with Gasteiger partial charge in [-0.25, -0.2) is 9.78 Å². The number of anilines is 1. The van der Waals surface area contributed by atoms with Gasteiger partial charge in [0.2, 0.25) is 5.88 Å². The Morgan fingerprint density at radius 1 is 1.20 bits per heavy atom. The van der Waals surface area contributed by atoms with Crippen LogP contribution < -0.4 is 14.8 Å². The second-order valence-electron chi connectivity index (χ2n) is 10.0. The normalized spacial score (nSPS) is 17.8. The molecule has 0 fully saturated rings. The van der Waals surface area contributed by atoms with Gasteiger partial charge in [-0.15, -0.1) is 0 Å². The lowest BCUT2D eigenvalue weighted by Gasteiger charge is -2.37. The number of hydrogen-bond donors (Lipinski definition) is 2. The van der Waals surface area contributed by atoms with Gasteiger partial charge in [-0.05, 0) is 36.2 Å². The summed E-state index contributed by atoms with van der Waals surface area (Å²) in [6.45, 7) is 4.19. The first-order chi connectivity index (χ1) is 19.3. The quantitative estimate of drug-likeness (QED) is 0.428. The average Bonchev–Trinajstić information content (AvgIpc) is 2.98. The lowest BCUT2D eigenvalue weighted by Crippen LogP contribution is -2.50. The summed E-state index contributed by atoms with van der Waals surface area (Å²) in [6, 6.07) is 18.0. The highest BCUT2D eigenvalue weighted by Crippen LogP contribution is 2.28. The van der Waals surface area contributed by atoms with E-state index in [0.29, 0.717) is 23.5 Å². The van der Waals surface area contributed by atoms with Gasteiger partial charge < -0.3 is 29.7 Å². The Kier molecular flexibility index (Phi) is 9.39. The number of hydrogen-bond acceptors (Lipinski definition) is 6. The first-order valence-electron chi connectivity index (χ1n) is 13.3. The highest BCUT2D eigenvalue weighted by molar-refractivity contribution is 5.97. The Labute approximate surface area is 235 Å². The third kappa shape index (κ3) is 6.98. The van der Waals surface area contributed by atoms with Gasteiger partial charge in [0, 0.05) is 37.5 Å². The molecule has 1 aromatic heterocycles. The molecule has 2 aromatic carbocycles. The molecule has 0 spiro atoms. The van der Waals surface area contributed by atoms with Crippen LogP contribution in [0.15, 0.2) is 66.9 Å². The highest BCUT2D eigenvalue weighted by atomic mass is 16.5. The SMILES string of the molecule is COc1cccc(NC(=O)N(C)C[C@H]2Oc3ncc(/C=C/c4ccccc4)cc3C(=O)N([C@H](C)CO)C[C@@H]2C)c1. The van der Waals surface area contributed by atoms with Gasteiger partial charge in [-0.1, -0.05) is 55.5 Å². The third-order valence-corrected chi connectivity index (χ3v) is 6.93. The topological polar surface area (TPSA) is 104 Å². The van der Waals surface area contributed by atoms with Crippen LogP contribution in [0.2, 0.25) is 0 Å². The molecule has 1 aliphatic rings. The number of methoxy groups -OCH3 is 1. The van der Waals surface area contributed by atoms with Gasteiger partial charge in [0.1, 0.15) is 17.4 Å². The van der Waals surface area contributed by atoms with Crippen molar-refractivity contribution < 1.29 is 24.2 Å². The first-order valence-corrected chi connectivity index (χ1v) is 13.3. The number of carbonyl (C=O) groups excluding carboxylic acids is 2. The van der Waals surface area contributed by atoms with E-state index in [1.54, 1.807) is 60.5 Å². The zero-order valence-electron chi connectivity index (χ0n) is 23.3. The molecule has 0 unspecified atom stereocenters. The zero-order chi connectivity index (χ0) is 28.6. The smallest absolute Gasteiger partial charge is 0.321 e. The molecule has 1 aliphatic heterocycles. The maximum Gasteiger partial charge on any atom is 0.321 e. The van der Waals surface area contributed by atoms with Crippen molar-refractivity contribution in [3.05, 3.63) is 83.6 Å². The van der Waals surface area contributed by atoms with Crippen molar-refractivity contribution in [2.45, 2.75) is 26.0 Å². The minimum absolute atomic E-state index is 0.155. The van der Waals surface area contributed by atoms with E-state index in [1.807, 2.05) is 56.3 Å². The molecule has 210 valence electrons. The maximum absolute atomic E-state index is 13.6. The van der Waals surface area contributed by atoms with E-state index in [2.05, 4.69) is 10.3 Å². The molecule has 2 N–H and O–H groups in total. The van der Waals surface area contributed by atoms with Crippen LogP contribution in [0.4, 0.5) is 10.5 Å². The number of aliphatic hydroxyl groups is 1. The lowest BCUT2D eigenvalue weighted by atomic mass is 10.00. The number of likely N-dealkylation sites (N-methyl/N-ethyl adjacent to an activating group) is 1. The maximum atomic E-state index is 13.6.